The lowest BCUT2D eigenvalue weighted by Gasteiger charge is -2.23. The predicted molar refractivity (Wildman–Crippen MR) is 98.7 cm³/mol. The van der Waals surface area contributed by atoms with E-state index in [1.165, 1.54) is 36.8 Å². The molecule has 0 radical (unpaired) electrons. The van der Waals surface area contributed by atoms with Crippen LogP contribution in [0, 0.1) is 0 Å². The van der Waals surface area contributed by atoms with Crippen molar-refractivity contribution in [2.45, 2.75) is 44.8 Å². The average molecular weight is 360 g/mol. The van der Waals surface area contributed by atoms with E-state index in [-0.39, 0.29) is 30.7 Å². The Hall–Kier alpha value is -0.810. The Morgan fingerprint density at radius 2 is 1.91 bits per heavy atom. The van der Waals surface area contributed by atoms with Crippen molar-refractivity contribution in [3.05, 3.63) is 34.9 Å². The molecule has 0 unspecified atom stereocenters. The van der Waals surface area contributed by atoms with Gasteiger partial charge in [-0.3, -0.25) is 4.79 Å². The maximum absolute atomic E-state index is 12.2. The van der Waals surface area contributed by atoms with E-state index in [2.05, 4.69) is 28.6 Å². The van der Waals surface area contributed by atoms with Crippen molar-refractivity contribution in [3.63, 3.8) is 0 Å². The van der Waals surface area contributed by atoms with Gasteiger partial charge in [-0.1, -0.05) is 18.9 Å². The van der Waals surface area contributed by atoms with Gasteiger partial charge in [-0.2, -0.15) is 0 Å². The van der Waals surface area contributed by atoms with Gasteiger partial charge >= 0.3 is 0 Å². The van der Waals surface area contributed by atoms with Crippen LogP contribution in [0.2, 0.25) is 0 Å². The van der Waals surface area contributed by atoms with Crippen molar-refractivity contribution in [1.82, 2.24) is 15.5 Å². The molecule has 2 N–H and O–H groups in total. The zero-order valence-corrected chi connectivity index (χ0v) is 15.3. The molecule has 6 heteroatoms. The molecule has 3 rings (SSSR count). The highest BCUT2D eigenvalue weighted by atomic mass is 35.5. The topological polar surface area (TPSA) is 44.4 Å². The van der Waals surface area contributed by atoms with Crippen molar-refractivity contribution in [1.29, 1.82) is 0 Å². The molecule has 1 saturated carbocycles. The molecule has 1 fully saturated rings. The third kappa shape index (κ3) is 5.08. The smallest absolute Gasteiger partial charge is 0.251 e. The van der Waals surface area contributed by atoms with Crippen LogP contribution in [0.1, 0.15) is 47.2 Å². The van der Waals surface area contributed by atoms with E-state index >= 15 is 0 Å². The third-order valence-corrected chi connectivity index (χ3v) is 4.80. The molecule has 1 aromatic rings. The number of fused-ring (bicyclic) bond motifs is 1. The molecular formula is C17H27Cl2N3O. The molecule has 130 valence electrons. The van der Waals surface area contributed by atoms with Gasteiger partial charge in [0.05, 0.1) is 0 Å². The van der Waals surface area contributed by atoms with Crippen molar-refractivity contribution in [3.8, 4) is 0 Å². The quantitative estimate of drug-likeness (QED) is 0.849. The Morgan fingerprint density at radius 1 is 1.22 bits per heavy atom. The summed E-state index contributed by atoms with van der Waals surface area (Å²) < 4.78 is 0. The van der Waals surface area contributed by atoms with Crippen LogP contribution in [0.25, 0.3) is 0 Å². The van der Waals surface area contributed by atoms with Gasteiger partial charge in [0.25, 0.3) is 5.91 Å². The number of amides is 1. The van der Waals surface area contributed by atoms with E-state index in [4.69, 9.17) is 0 Å². The molecule has 23 heavy (non-hydrogen) atoms. The van der Waals surface area contributed by atoms with E-state index in [0.717, 1.165) is 31.7 Å². The molecule has 2 aliphatic rings. The fourth-order valence-electron chi connectivity index (χ4n) is 3.41. The Kier molecular flexibility index (Phi) is 8.34. The molecule has 1 aliphatic carbocycles. The van der Waals surface area contributed by atoms with E-state index in [9.17, 15) is 4.79 Å². The van der Waals surface area contributed by atoms with Gasteiger partial charge in [-0.25, -0.2) is 0 Å². The summed E-state index contributed by atoms with van der Waals surface area (Å²) in [6, 6.07) is 6.73. The number of hydrogen-bond donors (Lipinski definition) is 2. The molecule has 0 spiro atoms. The van der Waals surface area contributed by atoms with E-state index in [1.807, 2.05) is 12.1 Å². The first-order chi connectivity index (χ1) is 10.2. The molecule has 1 aromatic carbocycles. The minimum Gasteiger partial charge on any atom is -0.351 e. The zero-order chi connectivity index (χ0) is 14.7. The lowest BCUT2D eigenvalue weighted by atomic mass is 10.1. The average Bonchev–Trinajstić information content (AvgIpc) is 3.17. The normalized spacial score (nSPS) is 16.6. The summed E-state index contributed by atoms with van der Waals surface area (Å²) in [5.74, 6) is 0.0459. The summed E-state index contributed by atoms with van der Waals surface area (Å²) in [5, 5.41) is 6.35. The van der Waals surface area contributed by atoms with Crippen LogP contribution in [0.15, 0.2) is 18.2 Å². The number of halogens is 2. The fraction of sp³-hybridized carbons (Fsp3) is 0.588. The van der Waals surface area contributed by atoms with Gasteiger partial charge in [0.15, 0.2) is 0 Å². The fourth-order valence-corrected chi connectivity index (χ4v) is 3.41. The van der Waals surface area contributed by atoms with Crippen LogP contribution >= 0.6 is 24.8 Å². The van der Waals surface area contributed by atoms with Crippen LogP contribution in [-0.4, -0.2) is 37.0 Å². The van der Waals surface area contributed by atoms with Crippen LogP contribution in [0.3, 0.4) is 0 Å². The lowest BCUT2D eigenvalue weighted by molar-refractivity contribution is 0.0947. The number of nitrogens with zero attached hydrogens (tertiary/aromatic N) is 1. The zero-order valence-electron chi connectivity index (χ0n) is 13.6. The summed E-state index contributed by atoms with van der Waals surface area (Å²) in [6.07, 6.45) is 5.32. The molecule has 4 nitrogen and oxygen atoms in total. The van der Waals surface area contributed by atoms with Gasteiger partial charge in [-0.15, -0.1) is 24.8 Å². The highest BCUT2D eigenvalue weighted by Crippen LogP contribution is 2.22. The van der Waals surface area contributed by atoms with Gasteiger partial charge < -0.3 is 15.5 Å². The second kappa shape index (κ2) is 9.48. The molecule has 1 heterocycles. The highest BCUT2D eigenvalue weighted by molar-refractivity contribution is 5.94. The number of benzene rings is 1. The molecule has 0 aromatic heterocycles. The van der Waals surface area contributed by atoms with Crippen LogP contribution in [-0.2, 0) is 13.1 Å². The summed E-state index contributed by atoms with van der Waals surface area (Å²) in [7, 11) is 2.17. The second-order valence-electron chi connectivity index (χ2n) is 6.26. The minimum absolute atomic E-state index is 0. The summed E-state index contributed by atoms with van der Waals surface area (Å²) >= 11 is 0. The molecule has 0 saturated heterocycles. The second-order valence-corrected chi connectivity index (χ2v) is 6.26. The first-order valence-electron chi connectivity index (χ1n) is 8.05. The van der Waals surface area contributed by atoms with Crippen LogP contribution < -0.4 is 10.6 Å². The number of rotatable bonds is 5. The Morgan fingerprint density at radius 3 is 2.65 bits per heavy atom. The van der Waals surface area contributed by atoms with Crippen molar-refractivity contribution in [2.24, 2.45) is 0 Å². The number of carbonyl (C=O) groups is 1. The highest BCUT2D eigenvalue weighted by Gasteiger charge is 2.19. The SMILES string of the molecule is CN(CCNC(=O)c1ccc2c(c1)CNC2)C1CCCC1.Cl.Cl. The van der Waals surface area contributed by atoms with E-state index in [0.29, 0.717) is 6.04 Å². The number of nitrogens with one attached hydrogen (secondary N) is 2. The number of carbonyl (C=O) groups excluding carboxylic acids is 1. The molecule has 0 atom stereocenters. The molecule has 1 amide bonds. The predicted octanol–water partition coefficient (Wildman–Crippen LogP) is 2.74. The van der Waals surface area contributed by atoms with Gasteiger partial charge in [0.1, 0.15) is 0 Å². The largest absolute Gasteiger partial charge is 0.351 e. The molecular weight excluding hydrogens is 333 g/mol. The summed E-state index contributed by atoms with van der Waals surface area (Å²) in [4.78, 5) is 14.6. The maximum atomic E-state index is 12.2. The Labute approximate surface area is 151 Å². The monoisotopic (exact) mass is 359 g/mol. The van der Waals surface area contributed by atoms with E-state index in [1.54, 1.807) is 0 Å². The first-order valence-corrected chi connectivity index (χ1v) is 8.05. The standard InChI is InChI=1S/C17H25N3O.2ClH/c1-20(16-4-2-3-5-16)9-8-19-17(21)13-6-7-14-11-18-12-15(14)10-13;;/h6-7,10,16,18H,2-5,8-9,11-12H2,1H3,(H,19,21);2*1H. The van der Waals surface area contributed by atoms with Crippen molar-refractivity contribution in [2.75, 3.05) is 20.1 Å². The molecule has 1 aliphatic heterocycles. The third-order valence-electron chi connectivity index (χ3n) is 4.80. The van der Waals surface area contributed by atoms with Gasteiger partial charge in [-0.05, 0) is 43.1 Å². The maximum Gasteiger partial charge on any atom is 0.251 e. The summed E-state index contributed by atoms with van der Waals surface area (Å²) in [6.45, 7) is 3.45. The van der Waals surface area contributed by atoms with Crippen molar-refractivity contribution < 1.29 is 4.79 Å². The van der Waals surface area contributed by atoms with Crippen LogP contribution in [0.5, 0.6) is 0 Å². The molecule has 0 bridgehead atoms. The Balaban J connectivity index is 0.00000132. The van der Waals surface area contributed by atoms with Crippen LogP contribution in [0.4, 0.5) is 0 Å². The van der Waals surface area contributed by atoms with E-state index < -0.39 is 0 Å². The van der Waals surface area contributed by atoms with Crippen molar-refractivity contribution >= 4 is 30.7 Å². The summed E-state index contributed by atoms with van der Waals surface area (Å²) in [5.41, 5.74) is 3.35. The number of hydrogen-bond acceptors (Lipinski definition) is 3. The first kappa shape index (κ1) is 20.2. The Bertz CT molecular complexity index is 519. The number of likely N-dealkylation sites (N-methyl/N-ethyl adjacent to an activating group) is 1. The minimum atomic E-state index is 0. The lowest BCUT2D eigenvalue weighted by Crippen LogP contribution is -2.37. The van der Waals surface area contributed by atoms with Gasteiger partial charge in [0.2, 0.25) is 0 Å². The van der Waals surface area contributed by atoms with Gasteiger partial charge in [0, 0.05) is 37.8 Å².